The van der Waals surface area contributed by atoms with Gasteiger partial charge >= 0.3 is 5.97 Å². The van der Waals surface area contributed by atoms with Gasteiger partial charge in [0.25, 0.3) is 0 Å². The summed E-state index contributed by atoms with van der Waals surface area (Å²) in [6.45, 7) is 4.02. The molecule has 0 amide bonds. The number of rotatable bonds is 5. The normalized spacial score (nSPS) is 11.3. The first kappa shape index (κ1) is 10.9. The van der Waals surface area contributed by atoms with E-state index in [4.69, 9.17) is 5.21 Å². The van der Waals surface area contributed by atoms with Crippen molar-refractivity contribution in [3.63, 3.8) is 0 Å². The predicted octanol–water partition coefficient (Wildman–Crippen LogP) is 1.57. The molecule has 0 aliphatic rings. The van der Waals surface area contributed by atoms with Crippen LogP contribution in [0.5, 0.6) is 0 Å². The summed E-state index contributed by atoms with van der Waals surface area (Å²) >= 11 is 0. The monoisotopic (exact) mass is 173 g/mol. The van der Waals surface area contributed by atoms with Crippen LogP contribution in [0, 0.1) is 0 Å². The van der Waals surface area contributed by atoms with Crippen LogP contribution in [0.15, 0.2) is 5.16 Å². The number of esters is 1. The fraction of sp³-hybridized carbons (Fsp3) is 0.750. The van der Waals surface area contributed by atoms with Crippen molar-refractivity contribution < 1.29 is 14.7 Å². The van der Waals surface area contributed by atoms with Gasteiger partial charge in [0.2, 0.25) is 0 Å². The average molecular weight is 173 g/mol. The Labute approximate surface area is 72.2 Å². The lowest BCUT2D eigenvalue weighted by atomic mass is 10.2. The van der Waals surface area contributed by atoms with Gasteiger partial charge in [-0.15, -0.1) is 0 Å². The van der Waals surface area contributed by atoms with Crippen molar-refractivity contribution in [3.05, 3.63) is 0 Å². The van der Waals surface area contributed by atoms with E-state index in [2.05, 4.69) is 9.89 Å². The molecular weight excluding hydrogens is 158 g/mol. The van der Waals surface area contributed by atoms with Gasteiger partial charge in [-0.05, 0) is 13.3 Å². The number of carbonyl (C=O) groups excluding carboxylic acids is 1. The van der Waals surface area contributed by atoms with Gasteiger partial charge in [-0.2, -0.15) is 0 Å². The maximum Gasteiger partial charge on any atom is 0.356 e. The molecule has 0 aromatic heterocycles. The maximum atomic E-state index is 11.0. The lowest BCUT2D eigenvalue weighted by Crippen LogP contribution is -2.17. The molecule has 0 aliphatic heterocycles. The van der Waals surface area contributed by atoms with Gasteiger partial charge in [0.15, 0.2) is 5.71 Å². The molecule has 0 aromatic rings. The fourth-order valence-corrected chi connectivity index (χ4v) is 0.752. The second kappa shape index (κ2) is 6.64. The van der Waals surface area contributed by atoms with Crippen LogP contribution < -0.4 is 0 Å². The zero-order valence-electron chi connectivity index (χ0n) is 7.54. The molecule has 1 N–H and O–H groups in total. The standard InChI is InChI=1S/C8H15NO3/c1-3-5-6-7(9-11)8(10)12-4-2/h11H,3-6H2,1-2H3/b9-7+. The third-order valence-corrected chi connectivity index (χ3v) is 1.40. The third kappa shape index (κ3) is 3.95. The summed E-state index contributed by atoms with van der Waals surface area (Å²) in [5, 5.41) is 11.3. The topological polar surface area (TPSA) is 58.9 Å². The van der Waals surface area contributed by atoms with Crippen molar-refractivity contribution >= 4 is 11.7 Å². The van der Waals surface area contributed by atoms with Crippen LogP contribution in [-0.2, 0) is 9.53 Å². The van der Waals surface area contributed by atoms with E-state index >= 15 is 0 Å². The highest BCUT2D eigenvalue weighted by Gasteiger charge is 2.11. The molecule has 0 saturated carbocycles. The Morgan fingerprint density at radius 1 is 1.50 bits per heavy atom. The zero-order chi connectivity index (χ0) is 9.40. The number of oxime groups is 1. The molecule has 0 radical (unpaired) electrons. The Morgan fingerprint density at radius 2 is 2.17 bits per heavy atom. The molecule has 0 bridgehead atoms. The number of ether oxygens (including phenoxy) is 1. The second-order valence-corrected chi connectivity index (χ2v) is 2.37. The van der Waals surface area contributed by atoms with E-state index in [-0.39, 0.29) is 5.71 Å². The average Bonchev–Trinajstić information content (AvgIpc) is 2.06. The number of nitrogens with zero attached hydrogens (tertiary/aromatic N) is 1. The largest absolute Gasteiger partial charge is 0.461 e. The SMILES string of the molecule is CCCC/C(=N\O)C(=O)OCC. The Balaban J connectivity index is 3.90. The molecule has 0 rings (SSSR count). The van der Waals surface area contributed by atoms with E-state index in [9.17, 15) is 4.79 Å². The van der Waals surface area contributed by atoms with E-state index in [1.54, 1.807) is 6.92 Å². The van der Waals surface area contributed by atoms with E-state index in [1.807, 2.05) is 6.92 Å². The summed E-state index contributed by atoms with van der Waals surface area (Å²) in [5.41, 5.74) is 0.110. The van der Waals surface area contributed by atoms with E-state index in [0.717, 1.165) is 12.8 Å². The molecule has 12 heavy (non-hydrogen) atoms. The molecule has 0 spiro atoms. The van der Waals surface area contributed by atoms with Crippen molar-refractivity contribution in [1.82, 2.24) is 0 Å². The summed E-state index contributed by atoms with van der Waals surface area (Å²) in [4.78, 5) is 11.0. The van der Waals surface area contributed by atoms with Crippen LogP contribution in [0.1, 0.15) is 33.1 Å². The van der Waals surface area contributed by atoms with Crippen molar-refractivity contribution in [1.29, 1.82) is 0 Å². The summed E-state index contributed by atoms with van der Waals surface area (Å²) in [6.07, 6.45) is 2.27. The molecule has 0 unspecified atom stereocenters. The highest BCUT2D eigenvalue weighted by molar-refractivity contribution is 6.36. The number of carbonyl (C=O) groups is 1. The van der Waals surface area contributed by atoms with Crippen LogP contribution in [0.4, 0.5) is 0 Å². The van der Waals surface area contributed by atoms with Gasteiger partial charge in [-0.25, -0.2) is 4.79 Å². The van der Waals surface area contributed by atoms with Gasteiger partial charge < -0.3 is 9.94 Å². The Hall–Kier alpha value is -1.06. The fourth-order valence-electron chi connectivity index (χ4n) is 0.752. The Morgan fingerprint density at radius 3 is 2.58 bits per heavy atom. The minimum absolute atomic E-state index is 0.110. The van der Waals surface area contributed by atoms with Crippen molar-refractivity contribution in [2.45, 2.75) is 33.1 Å². The van der Waals surface area contributed by atoms with Crippen molar-refractivity contribution in [2.75, 3.05) is 6.61 Å². The summed E-state index contributed by atoms with van der Waals surface area (Å²) in [6, 6.07) is 0. The molecule has 0 fully saturated rings. The van der Waals surface area contributed by atoms with Gasteiger partial charge in [0.05, 0.1) is 6.61 Å². The van der Waals surface area contributed by atoms with Crippen molar-refractivity contribution in [2.24, 2.45) is 5.16 Å². The van der Waals surface area contributed by atoms with Crippen LogP contribution in [0.3, 0.4) is 0 Å². The number of unbranched alkanes of at least 4 members (excludes halogenated alkanes) is 1. The van der Waals surface area contributed by atoms with E-state index in [1.165, 1.54) is 0 Å². The molecule has 0 heterocycles. The Bertz CT molecular complexity index is 166. The summed E-state index contributed by atoms with van der Waals surface area (Å²) < 4.78 is 4.66. The quantitative estimate of drug-likeness (QED) is 0.297. The second-order valence-electron chi connectivity index (χ2n) is 2.37. The summed E-state index contributed by atoms with van der Waals surface area (Å²) in [5.74, 6) is -0.520. The number of hydrogen-bond donors (Lipinski definition) is 1. The maximum absolute atomic E-state index is 11.0. The van der Waals surface area contributed by atoms with Crippen LogP contribution >= 0.6 is 0 Å². The highest BCUT2D eigenvalue weighted by atomic mass is 16.5. The summed E-state index contributed by atoms with van der Waals surface area (Å²) in [7, 11) is 0. The third-order valence-electron chi connectivity index (χ3n) is 1.40. The number of hydrogen-bond acceptors (Lipinski definition) is 4. The minimum Gasteiger partial charge on any atom is -0.461 e. The Kier molecular flexibility index (Phi) is 6.05. The first-order valence-electron chi connectivity index (χ1n) is 4.14. The molecule has 0 saturated heterocycles. The molecule has 0 atom stereocenters. The van der Waals surface area contributed by atoms with E-state index in [0.29, 0.717) is 13.0 Å². The highest BCUT2D eigenvalue weighted by Crippen LogP contribution is 1.98. The molecular formula is C8H15NO3. The molecule has 70 valence electrons. The minimum atomic E-state index is -0.520. The predicted molar refractivity (Wildman–Crippen MR) is 45.4 cm³/mol. The first-order chi connectivity index (χ1) is 5.76. The lowest BCUT2D eigenvalue weighted by Gasteiger charge is -2.01. The van der Waals surface area contributed by atoms with Gasteiger partial charge in [-0.3, -0.25) is 0 Å². The molecule has 0 aliphatic carbocycles. The zero-order valence-corrected chi connectivity index (χ0v) is 7.54. The van der Waals surface area contributed by atoms with Crippen LogP contribution in [0.25, 0.3) is 0 Å². The van der Waals surface area contributed by atoms with E-state index < -0.39 is 5.97 Å². The molecule has 4 heteroatoms. The van der Waals surface area contributed by atoms with Gasteiger partial charge in [0, 0.05) is 6.42 Å². The van der Waals surface area contributed by atoms with Gasteiger partial charge in [-0.1, -0.05) is 18.5 Å². The smallest absolute Gasteiger partial charge is 0.356 e. The lowest BCUT2D eigenvalue weighted by molar-refractivity contribution is -0.135. The van der Waals surface area contributed by atoms with Crippen LogP contribution in [0.2, 0.25) is 0 Å². The molecule has 0 aromatic carbocycles. The first-order valence-corrected chi connectivity index (χ1v) is 4.14. The molecule has 4 nitrogen and oxygen atoms in total. The van der Waals surface area contributed by atoms with Crippen LogP contribution in [-0.4, -0.2) is 23.5 Å². The van der Waals surface area contributed by atoms with Crippen molar-refractivity contribution in [3.8, 4) is 0 Å². The van der Waals surface area contributed by atoms with Gasteiger partial charge in [0.1, 0.15) is 0 Å².